The number of carbonyl (C=O) groups excluding carboxylic acids is 1. The number of esters is 1. The summed E-state index contributed by atoms with van der Waals surface area (Å²) in [5.74, 6) is 1.27. The molecule has 0 bridgehead atoms. The maximum atomic E-state index is 12.4. The van der Waals surface area contributed by atoms with Gasteiger partial charge in [0, 0.05) is 35.6 Å². The number of ether oxygens (including phenoxy) is 3. The second kappa shape index (κ2) is 6.78. The molecule has 2 saturated heterocycles. The molecule has 150 valence electrons. The molecule has 4 heterocycles. The fraction of sp³-hybridized carbons (Fsp3) is 0.591. The van der Waals surface area contributed by atoms with Gasteiger partial charge in [0.25, 0.3) is 0 Å². The molecule has 0 amide bonds. The Morgan fingerprint density at radius 1 is 1.29 bits per heavy atom. The number of nitrogens with one attached hydrogen (secondary N) is 1. The fourth-order valence-electron chi connectivity index (χ4n) is 5.70. The number of hydrogen-bond donors (Lipinski definition) is 1. The van der Waals surface area contributed by atoms with Crippen molar-refractivity contribution < 1.29 is 19.0 Å². The van der Waals surface area contributed by atoms with Crippen molar-refractivity contribution in [3.63, 3.8) is 0 Å². The van der Waals surface area contributed by atoms with Crippen LogP contribution >= 0.6 is 0 Å². The van der Waals surface area contributed by atoms with Gasteiger partial charge in [0.15, 0.2) is 0 Å². The lowest BCUT2D eigenvalue weighted by atomic mass is 9.69. The van der Waals surface area contributed by atoms with Gasteiger partial charge in [-0.25, -0.2) is 0 Å². The molecule has 1 aromatic heterocycles. The molecule has 5 unspecified atom stereocenters. The molecule has 6 heteroatoms. The first-order valence-corrected chi connectivity index (χ1v) is 10.2. The summed E-state index contributed by atoms with van der Waals surface area (Å²) >= 11 is 0. The predicted octanol–water partition coefficient (Wildman–Crippen LogP) is 2.92. The van der Waals surface area contributed by atoms with Crippen LogP contribution in [0.1, 0.15) is 30.6 Å². The lowest BCUT2D eigenvalue weighted by Gasteiger charge is -2.51. The number of H-pyrrole nitrogens is 1. The van der Waals surface area contributed by atoms with Gasteiger partial charge in [-0.15, -0.1) is 0 Å². The van der Waals surface area contributed by atoms with E-state index in [2.05, 4.69) is 28.9 Å². The minimum Gasteiger partial charge on any atom is -0.497 e. The Labute approximate surface area is 165 Å². The van der Waals surface area contributed by atoms with E-state index in [1.807, 2.05) is 6.07 Å². The van der Waals surface area contributed by atoms with E-state index < -0.39 is 0 Å². The third-order valence-electron chi connectivity index (χ3n) is 7.22. The second-order valence-electron chi connectivity index (χ2n) is 8.42. The number of nitrogens with zero attached hydrogens (tertiary/aromatic N) is 1. The minimum absolute atomic E-state index is 0.132. The summed E-state index contributed by atoms with van der Waals surface area (Å²) in [6, 6.07) is 6.57. The quantitative estimate of drug-likeness (QED) is 0.807. The number of aromatic amines is 1. The van der Waals surface area contributed by atoms with Crippen molar-refractivity contribution in [1.29, 1.82) is 0 Å². The Bertz CT molecular complexity index is 907. The number of methoxy groups -OCH3 is 2. The summed E-state index contributed by atoms with van der Waals surface area (Å²) in [5, 5.41) is 1.26. The molecule has 0 saturated carbocycles. The van der Waals surface area contributed by atoms with Crippen LogP contribution in [0.15, 0.2) is 18.2 Å². The average molecular weight is 384 g/mol. The van der Waals surface area contributed by atoms with E-state index in [-0.39, 0.29) is 18.0 Å². The number of carbonyl (C=O) groups is 1. The van der Waals surface area contributed by atoms with Crippen LogP contribution in [0.4, 0.5) is 0 Å². The third-order valence-corrected chi connectivity index (χ3v) is 7.22. The zero-order valence-electron chi connectivity index (χ0n) is 16.7. The van der Waals surface area contributed by atoms with Crippen molar-refractivity contribution in [1.82, 2.24) is 9.88 Å². The molecule has 5 rings (SSSR count). The van der Waals surface area contributed by atoms with Crippen LogP contribution in [-0.2, 0) is 20.7 Å². The molecule has 2 aromatic rings. The van der Waals surface area contributed by atoms with Crippen molar-refractivity contribution in [2.24, 2.45) is 17.8 Å². The number of benzene rings is 1. The number of hydrogen-bond acceptors (Lipinski definition) is 5. The average Bonchev–Trinajstić information content (AvgIpc) is 3.10. The molecule has 3 aliphatic rings. The van der Waals surface area contributed by atoms with E-state index in [0.717, 1.165) is 31.7 Å². The molecular formula is C22H28N2O4. The maximum absolute atomic E-state index is 12.4. The summed E-state index contributed by atoms with van der Waals surface area (Å²) in [6.45, 7) is 4.64. The standard InChI is InChI=1S/C22H28N2O4/c1-12-17-10-24-7-6-14-16-8-13(26-2)4-5-19(16)23-21(14)20(24)9-15(17)18(11-28-12)22(25)27-3/h4-5,8,12,15,17-18,20,23H,6-7,9-11H2,1-3H3. The molecule has 5 atom stereocenters. The zero-order valence-corrected chi connectivity index (χ0v) is 16.7. The van der Waals surface area contributed by atoms with E-state index in [9.17, 15) is 4.79 Å². The minimum atomic E-state index is -0.164. The summed E-state index contributed by atoms with van der Waals surface area (Å²) in [6.07, 6.45) is 2.18. The normalized spacial score (nSPS) is 32.3. The Hall–Kier alpha value is -2.05. The summed E-state index contributed by atoms with van der Waals surface area (Å²) in [4.78, 5) is 18.7. The van der Waals surface area contributed by atoms with Gasteiger partial charge >= 0.3 is 5.97 Å². The molecule has 28 heavy (non-hydrogen) atoms. The number of rotatable bonds is 2. The van der Waals surface area contributed by atoms with E-state index in [4.69, 9.17) is 14.2 Å². The first-order valence-electron chi connectivity index (χ1n) is 10.2. The number of aromatic nitrogens is 1. The SMILES string of the molecule is COC(=O)C1COC(C)C2CN3CCc4c([nH]c5ccc(OC)cc45)C3CC12. The van der Waals surface area contributed by atoms with Gasteiger partial charge in [0.1, 0.15) is 5.75 Å². The maximum Gasteiger partial charge on any atom is 0.311 e. The topological polar surface area (TPSA) is 63.8 Å². The summed E-state index contributed by atoms with van der Waals surface area (Å²) < 4.78 is 16.5. The second-order valence-corrected chi connectivity index (χ2v) is 8.42. The van der Waals surface area contributed by atoms with Crippen LogP contribution in [0.25, 0.3) is 10.9 Å². The molecule has 1 aromatic carbocycles. The van der Waals surface area contributed by atoms with Crippen molar-refractivity contribution in [3.05, 3.63) is 29.5 Å². The molecule has 2 fully saturated rings. The number of piperidine rings is 1. The largest absolute Gasteiger partial charge is 0.497 e. The lowest BCUT2D eigenvalue weighted by molar-refractivity contribution is -0.169. The van der Waals surface area contributed by atoms with E-state index in [1.165, 1.54) is 29.3 Å². The smallest absolute Gasteiger partial charge is 0.311 e. The molecule has 0 aliphatic carbocycles. The van der Waals surface area contributed by atoms with E-state index in [0.29, 0.717) is 24.5 Å². The van der Waals surface area contributed by atoms with Crippen LogP contribution in [-0.4, -0.2) is 55.9 Å². The van der Waals surface area contributed by atoms with Crippen LogP contribution in [0.3, 0.4) is 0 Å². The Morgan fingerprint density at radius 3 is 2.93 bits per heavy atom. The summed E-state index contributed by atoms with van der Waals surface area (Å²) in [5.41, 5.74) is 3.89. The molecule has 0 spiro atoms. The predicted molar refractivity (Wildman–Crippen MR) is 105 cm³/mol. The highest BCUT2D eigenvalue weighted by atomic mass is 16.5. The Kier molecular flexibility index (Phi) is 4.36. The molecule has 6 nitrogen and oxygen atoms in total. The molecule has 0 radical (unpaired) electrons. The van der Waals surface area contributed by atoms with Crippen LogP contribution in [0.5, 0.6) is 5.75 Å². The fourth-order valence-corrected chi connectivity index (χ4v) is 5.70. The van der Waals surface area contributed by atoms with Crippen molar-refractivity contribution in [2.75, 3.05) is 33.9 Å². The first-order chi connectivity index (χ1) is 13.6. The van der Waals surface area contributed by atoms with Gasteiger partial charge < -0.3 is 19.2 Å². The van der Waals surface area contributed by atoms with Crippen LogP contribution < -0.4 is 4.74 Å². The van der Waals surface area contributed by atoms with Crippen molar-refractivity contribution >= 4 is 16.9 Å². The number of fused-ring (bicyclic) bond motifs is 6. The summed E-state index contributed by atoms with van der Waals surface area (Å²) in [7, 11) is 3.19. The van der Waals surface area contributed by atoms with Crippen molar-refractivity contribution in [2.45, 2.75) is 31.9 Å². The van der Waals surface area contributed by atoms with E-state index >= 15 is 0 Å². The van der Waals surface area contributed by atoms with Gasteiger partial charge in [-0.1, -0.05) is 0 Å². The van der Waals surface area contributed by atoms with Gasteiger partial charge in [-0.2, -0.15) is 0 Å². The first kappa shape index (κ1) is 18.0. The highest BCUT2D eigenvalue weighted by molar-refractivity contribution is 5.86. The monoisotopic (exact) mass is 384 g/mol. The lowest BCUT2D eigenvalue weighted by Crippen LogP contribution is -2.55. The van der Waals surface area contributed by atoms with Gasteiger partial charge in [0.05, 0.1) is 38.9 Å². The molecule has 3 aliphatic heterocycles. The Balaban J connectivity index is 1.52. The highest BCUT2D eigenvalue weighted by Gasteiger charge is 2.49. The Morgan fingerprint density at radius 2 is 2.14 bits per heavy atom. The third kappa shape index (κ3) is 2.65. The molecule has 1 N–H and O–H groups in total. The van der Waals surface area contributed by atoms with E-state index in [1.54, 1.807) is 7.11 Å². The van der Waals surface area contributed by atoms with Crippen LogP contribution in [0.2, 0.25) is 0 Å². The van der Waals surface area contributed by atoms with Gasteiger partial charge in [0.2, 0.25) is 0 Å². The molecular weight excluding hydrogens is 356 g/mol. The van der Waals surface area contributed by atoms with Gasteiger partial charge in [-0.3, -0.25) is 9.69 Å². The highest BCUT2D eigenvalue weighted by Crippen LogP contribution is 2.48. The van der Waals surface area contributed by atoms with Gasteiger partial charge in [-0.05, 0) is 49.4 Å². The zero-order chi connectivity index (χ0) is 19.4. The van der Waals surface area contributed by atoms with Crippen LogP contribution in [0, 0.1) is 17.8 Å². The van der Waals surface area contributed by atoms with Crippen molar-refractivity contribution in [3.8, 4) is 5.75 Å².